The molecule has 0 saturated carbocycles. The minimum absolute atomic E-state index is 0.0649. The van der Waals surface area contributed by atoms with Crippen LogP contribution in [-0.2, 0) is 6.54 Å². The van der Waals surface area contributed by atoms with Crippen LogP contribution < -0.4 is 4.74 Å². The van der Waals surface area contributed by atoms with E-state index in [-0.39, 0.29) is 5.78 Å². The maximum absolute atomic E-state index is 13.4. The highest BCUT2D eigenvalue weighted by molar-refractivity contribution is 6.09. The highest BCUT2D eigenvalue weighted by Crippen LogP contribution is 2.29. The summed E-state index contributed by atoms with van der Waals surface area (Å²) < 4.78 is 6.02. The molecular weight excluding hydrogens is 408 g/mol. The van der Waals surface area contributed by atoms with Crippen LogP contribution in [0.4, 0.5) is 0 Å². The molecule has 0 radical (unpaired) electrons. The number of nitrogens with zero attached hydrogens (tertiary/aromatic N) is 2. The van der Waals surface area contributed by atoms with Gasteiger partial charge in [-0.3, -0.25) is 4.79 Å². The second-order valence-corrected chi connectivity index (χ2v) is 8.81. The van der Waals surface area contributed by atoms with Crippen LogP contribution in [0.25, 0.3) is 17.2 Å². The van der Waals surface area contributed by atoms with E-state index in [1.807, 2.05) is 82.8 Å². The molecule has 0 heterocycles. The van der Waals surface area contributed by atoms with Gasteiger partial charge < -0.3 is 14.5 Å². The van der Waals surface area contributed by atoms with Gasteiger partial charge >= 0.3 is 0 Å². The maximum Gasteiger partial charge on any atom is 0.189 e. The lowest BCUT2D eigenvalue weighted by atomic mass is 9.96. The zero-order valence-corrected chi connectivity index (χ0v) is 20.3. The van der Waals surface area contributed by atoms with Crippen LogP contribution in [0.2, 0.25) is 0 Å². The van der Waals surface area contributed by atoms with Gasteiger partial charge in [-0.05, 0) is 81.1 Å². The molecule has 0 aliphatic carbocycles. The van der Waals surface area contributed by atoms with Crippen LogP contribution in [0.15, 0.2) is 72.8 Å². The highest BCUT2D eigenvalue weighted by atomic mass is 16.5. The number of aryl methyl sites for hydroxylation is 1. The molecule has 33 heavy (non-hydrogen) atoms. The van der Waals surface area contributed by atoms with Crippen LogP contribution in [0.5, 0.6) is 5.75 Å². The van der Waals surface area contributed by atoms with Crippen molar-refractivity contribution in [3.63, 3.8) is 0 Å². The van der Waals surface area contributed by atoms with Crippen molar-refractivity contribution in [2.75, 3.05) is 41.3 Å². The molecule has 0 amide bonds. The normalized spacial score (nSPS) is 11.5. The number of hydrogen-bond acceptors (Lipinski definition) is 4. The van der Waals surface area contributed by atoms with Crippen LogP contribution in [0, 0.1) is 6.92 Å². The summed E-state index contributed by atoms with van der Waals surface area (Å²) in [6.45, 7) is 4.20. The van der Waals surface area contributed by atoms with Gasteiger partial charge in [0.1, 0.15) is 12.4 Å². The van der Waals surface area contributed by atoms with E-state index in [1.54, 1.807) is 6.08 Å². The smallest absolute Gasteiger partial charge is 0.189 e. The Kier molecular flexibility index (Phi) is 8.58. The standard InChI is InChI=1S/C29H34N2O2/c1-22-10-6-9-13-26(22)24-15-17-29(33-19-18-30(2)3)27(20-24)28(32)16-14-23-11-7-8-12-25(23)21-31(4)5/h6-17,20H,18-19,21H2,1-5H3. The molecule has 0 unspecified atom stereocenters. The van der Waals surface area contributed by atoms with E-state index in [0.29, 0.717) is 17.9 Å². The molecule has 172 valence electrons. The molecule has 0 aromatic heterocycles. The van der Waals surface area contributed by atoms with E-state index in [2.05, 4.69) is 34.9 Å². The number of benzene rings is 3. The molecule has 0 fully saturated rings. The van der Waals surface area contributed by atoms with Crippen LogP contribution in [0.1, 0.15) is 27.0 Å². The Hall–Kier alpha value is -3.21. The van der Waals surface area contributed by atoms with Gasteiger partial charge in [0.15, 0.2) is 5.78 Å². The molecule has 4 nitrogen and oxygen atoms in total. The topological polar surface area (TPSA) is 32.8 Å². The molecule has 4 heteroatoms. The van der Waals surface area contributed by atoms with E-state index in [1.165, 1.54) is 11.1 Å². The zero-order valence-electron chi connectivity index (χ0n) is 20.3. The maximum atomic E-state index is 13.4. The molecule has 0 aliphatic heterocycles. The second kappa shape index (κ2) is 11.6. The van der Waals surface area contributed by atoms with Crippen molar-refractivity contribution in [2.24, 2.45) is 0 Å². The zero-order chi connectivity index (χ0) is 23.8. The number of ketones is 1. The predicted octanol–water partition coefficient (Wildman–Crippen LogP) is 5.56. The number of allylic oxidation sites excluding steroid dienone is 1. The summed E-state index contributed by atoms with van der Waals surface area (Å²) >= 11 is 0. The summed E-state index contributed by atoms with van der Waals surface area (Å²) in [6.07, 6.45) is 3.56. The summed E-state index contributed by atoms with van der Waals surface area (Å²) in [7, 11) is 8.09. The van der Waals surface area contributed by atoms with Gasteiger partial charge in [0.05, 0.1) is 5.56 Å². The molecule has 3 aromatic rings. The molecule has 0 aliphatic rings. The Morgan fingerprint density at radius 3 is 2.36 bits per heavy atom. The lowest BCUT2D eigenvalue weighted by molar-refractivity contribution is 0.104. The molecule has 0 atom stereocenters. The van der Waals surface area contributed by atoms with Gasteiger partial charge in [0.2, 0.25) is 0 Å². The predicted molar refractivity (Wildman–Crippen MR) is 138 cm³/mol. The molecule has 0 spiro atoms. The largest absolute Gasteiger partial charge is 0.491 e. The van der Waals surface area contributed by atoms with Gasteiger partial charge in [-0.2, -0.15) is 0 Å². The fourth-order valence-electron chi connectivity index (χ4n) is 3.69. The number of ether oxygens (including phenoxy) is 1. The number of rotatable bonds is 10. The summed E-state index contributed by atoms with van der Waals surface area (Å²) in [6, 6.07) is 22.3. The fraction of sp³-hybridized carbons (Fsp3) is 0.276. The van der Waals surface area contributed by atoms with Crippen molar-refractivity contribution < 1.29 is 9.53 Å². The Balaban J connectivity index is 1.94. The number of hydrogen-bond donors (Lipinski definition) is 0. The molecular formula is C29H34N2O2. The third-order valence-electron chi connectivity index (χ3n) is 5.45. The summed E-state index contributed by atoms with van der Waals surface area (Å²) in [4.78, 5) is 17.5. The minimum Gasteiger partial charge on any atom is -0.491 e. The average molecular weight is 443 g/mol. The van der Waals surface area contributed by atoms with Crippen molar-refractivity contribution in [3.05, 3.63) is 95.1 Å². The third-order valence-corrected chi connectivity index (χ3v) is 5.45. The van der Waals surface area contributed by atoms with Gasteiger partial charge in [-0.15, -0.1) is 0 Å². The van der Waals surface area contributed by atoms with Crippen molar-refractivity contribution in [1.82, 2.24) is 9.80 Å². The Labute approximate surface area is 198 Å². The first-order valence-electron chi connectivity index (χ1n) is 11.3. The first kappa shape index (κ1) is 24.4. The first-order valence-corrected chi connectivity index (χ1v) is 11.3. The monoisotopic (exact) mass is 442 g/mol. The Morgan fingerprint density at radius 2 is 1.64 bits per heavy atom. The summed E-state index contributed by atoms with van der Waals surface area (Å²) in [5.41, 5.74) is 6.11. The first-order chi connectivity index (χ1) is 15.8. The number of likely N-dealkylation sites (N-methyl/N-ethyl adjacent to an activating group) is 1. The molecule has 0 saturated heterocycles. The molecule has 3 aromatic carbocycles. The number of carbonyl (C=O) groups is 1. The fourth-order valence-corrected chi connectivity index (χ4v) is 3.69. The van der Waals surface area contributed by atoms with Crippen LogP contribution >= 0.6 is 0 Å². The highest BCUT2D eigenvalue weighted by Gasteiger charge is 2.14. The minimum atomic E-state index is -0.0649. The Bertz CT molecular complexity index is 1120. The van der Waals surface area contributed by atoms with E-state index in [0.717, 1.165) is 29.8 Å². The van der Waals surface area contributed by atoms with Gasteiger partial charge in [0.25, 0.3) is 0 Å². The lowest BCUT2D eigenvalue weighted by Gasteiger charge is -2.15. The molecule has 0 bridgehead atoms. The van der Waals surface area contributed by atoms with E-state index in [9.17, 15) is 4.79 Å². The third kappa shape index (κ3) is 6.88. The lowest BCUT2D eigenvalue weighted by Crippen LogP contribution is -2.20. The second-order valence-electron chi connectivity index (χ2n) is 8.81. The van der Waals surface area contributed by atoms with Crippen LogP contribution in [0.3, 0.4) is 0 Å². The summed E-state index contributed by atoms with van der Waals surface area (Å²) in [5.74, 6) is 0.551. The summed E-state index contributed by atoms with van der Waals surface area (Å²) in [5, 5.41) is 0. The van der Waals surface area contributed by atoms with E-state index in [4.69, 9.17) is 4.74 Å². The van der Waals surface area contributed by atoms with E-state index < -0.39 is 0 Å². The van der Waals surface area contributed by atoms with Crippen molar-refractivity contribution >= 4 is 11.9 Å². The van der Waals surface area contributed by atoms with Gasteiger partial charge in [0, 0.05) is 13.1 Å². The molecule has 3 rings (SSSR count). The van der Waals surface area contributed by atoms with E-state index >= 15 is 0 Å². The average Bonchev–Trinajstić information content (AvgIpc) is 2.78. The van der Waals surface area contributed by atoms with Gasteiger partial charge in [-0.1, -0.05) is 60.7 Å². The Morgan fingerprint density at radius 1 is 0.909 bits per heavy atom. The SMILES string of the molecule is Cc1ccccc1-c1ccc(OCCN(C)C)c(C(=O)C=Cc2ccccc2CN(C)C)c1. The number of carbonyl (C=O) groups excluding carboxylic acids is 1. The van der Waals surface area contributed by atoms with Gasteiger partial charge in [-0.25, -0.2) is 0 Å². The van der Waals surface area contributed by atoms with Crippen molar-refractivity contribution in [2.45, 2.75) is 13.5 Å². The quantitative estimate of drug-likeness (QED) is 0.304. The van der Waals surface area contributed by atoms with Crippen molar-refractivity contribution in [1.29, 1.82) is 0 Å². The van der Waals surface area contributed by atoms with Crippen LogP contribution in [-0.4, -0.2) is 56.9 Å². The molecule has 0 N–H and O–H groups in total. The van der Waals surface area contributed by atoms with Crippen molar-refractivity contribution in [3.8, 4) is 16.9 Å².